The number of nitrogens with zero attached hydrogens (tertiary/aromatic N) is 3. The van der Waals surface area contributed by atoms with Gasteiger partial charge in [-0.05, 0) is 17.7 Å². The van der Waals surface area contributed by atoms with E-state index in [0.29, 0.717) is 10.7 Å². The lowest BCUT2D eigenvalue weighted by Crippen LogP contribution is -2.11. The smallest absolute Gasteiger partial charge is 0.196 e. The van der Waals surface area contributed by atoms with Crippen molar-refractivity contribution in [2.24, 2.45) is 0 Å². The third-order valence-electron chi connectivity index (χ3n) is 4.17. The quantitative estimate of drug-likeness (QED) is 0.354. The summed E-state index contributed by atoms with van der Waals surface area (Å²) in [5.41, 5.74) is 2.59. The molecule has 0 saturated carbocycles. The molecule has 0 N–H and O–H groups in total. The summed E-state index contributed by atoms with van der Waals surface area (Å²) in [5.74, 6) is 0.0504. The summed E-state index contributed by atoms with van der Waals surface area (Å²) in [6, 6.07) is 29.0. The van der Waals surface area contributed by atoms with Crippen LogP contribution in [0.15, 0.2) is 102 Å². The first-order chi connectivity index (χ1) is 13.3. The molecule has 4 nitrogen and oxygen atoms in total. The van der Waals surface area contributed by atoms with Gasteiger partial charge in [0.25, 0.3) is 0 Å². The van der Waals surface area contributed by atoms with Crippen LogP contribution in [-0.2, 0) is 0 Å². The van der Waals surface area contributed by atoms with Crippen molar-refractivity contribution >= 4 is 17.5 Å². The summed E-state index contributed by atoms with van der Waals surface area (Å²) in [7, 11) is 0. The lowest BCUT2D eigenvalue weighted by atomic mass is 10.0. The largest absolute Gasteiger partial charge is 0.293 e. The van der Waals surface area contributed by atoms with Crippen molar-refractivity contribution in [1.29, 1.82) is 0 Å². The average molecular weight is 371 g/mol. The molecule has 0 aliphatic heterocycles. The van der Waals surface area contributed by atoms with Gasteiger partial charge in [0.1, 0.15) is 11.6 Å². The second-order valence-corrected chi connectivity index (χ2v) is 7.03. The molecule has 0 fully saturated rings. The molecule has 0 aliphatic carbocycles. The van der Waals surface area contributed by atoms with Gasteiger partial charge in [0.05, 0.1) is 0 Å². The number of ketones is 1. The van der Waals surface area contributed by atoms with Crippen LogP contribution in [0.2, 0.25) is 0 Å². The van der Waals surface area contributed by atoms with Gasteiger partial charge in [-0.15, -0.1) is 10.2 Å². The number of para-hydroxylation sites is 1. The number of Topliss-reactive ketones (excluding diaryl/α,β-unsaturated/α-hetero) is 1. The zero-order valence-electron chi connectivity index (χ0n) is 14.5. The van der Waals surface area contributed by atoms with E-state index in [9.17, 15) is 4.79 Å². The highest BCUT2D eigenvalue weighted by Gasteiger charge is 2.25. The van der Waals surface area contributed by atoms with E-state index in [4.69, 9.17) is 0 Å². The summed E-state index contributed by atoms with van der Waals surface area (Å²) in [4.78, 5) is 13.2. The maximum atomic E-state index is 13.2. The average Bonchev–Trinajstić information content (AvgIpc) is 3.22. The molecular formula is C22H17N3OS. The topological polar surface area (TPSA) is 47.8 Å². The van der Waals surface area contributed by atoms with E-state index in [0.717, 1.165) is 11.3 Å². The van der Waals surface area contributed by atoms with Crippen molar-refractivity contribution in [3.05, 3.63) is 108 Å². The minimum atomic E-state index is -0.403. The Morgan fingerprint density at radius 3 is 2.07 bits per heavy atom. The van der Waals surface area contributed by atoms with Gasteiger partial charge >= 0.3 is 0 Å². The fourth-order valence-electron chi connectivity index (χ4n) is 2.83. The first kappa shape index (κ1) is 17.2. The Labute approximate surface area is 161 Å². The third-order valence-corrected chi connectivity index (χ3v) is 5.38. The van der Waals surface area contributed by atoms with Crippen molar-refractivity contribution < 1.29 is 4.79 Å². The van der Waals surface area contributed by atoms with Gasteiger partial charge in [0.15, 0.2) is 10.9 Å². The van der Waals surface area contributed by atoms with Gasteiger partial charge in [0.2, 0.25) is 0 Å². The van der Waals surface area contributed by atoms with Gasteiger partial charge in [-0.3, -0.25) is 9.36 Å². The lowest BCUT2D eigenvalue weighted by Gasteiger charge is -2.16. The van der Waals surface area contributed by atoms with Crippen molar-refractivity contribution in [2.45, 2.75) is 10.4 Å². The third kappa shape index (κ3) is 3.83. The van der Waals surface area contributed by atoms with Crippen LogP contribution in [0.5, 0.6) is 0 Å². The molecule has 1 aromatic heterocycles. The number of aromatic nitrogens is 3. The van der Waals surface area contributed by atoms with E-state index in [1.165, 1.54) is 11.8 Å². The molecular weight excluding hydrogens is 354 g/mol. The van der Waals surface area contributed by atoms with Gasteiger partial charge in [-0.25, -0.2) is 0 Å². The van der Waals surface area contributed by atoms with Crippen LogP contribution in [0.1, 0.15) is 21.2 Å². The zero-order chi connectivity index (χ0) is 18.5. The molecule has 132 valence electrons. The summed E-state index contributed by atoms with van der Waals surface area (Å²) < 4.78 is 1.90. The summed E-state index contributed by atoms with van der Waals surface area (Å²) in [6.07, 6.45) is 1.67. The number of carbonyl (C=O) groups excluding carboxylic acids is 1. The molecule has 1 atom stereocenters. The van der Waals surface area contributed by atoms with E-state index < -0.39 is 5.25 Å². The molecule has 0 unspecified atom stereocenters. The molecule has 5 heteroatoms. The minimum absolute atomic E-state index is 0.0504. The highest BCUT2D eigenvalue weighted by atomic mass is 32.2. The van der Waals surface area contributed by atoms with Crippen LogP contribution >= 0.6 is 11.8 Å². The van der Waals surface area contributed by atoms with E-state index in [1.807, 2.05) is 95.6 Å². The second-order valence-electron chi connectivity index (χ2n) is 5.96. The fraction of sp³-hybridized carbons (Fsp3) is 0.0455. The maximum Gasteiger partial charge on any atom is 0.196 e. The van der Waals surface area contributed by atoms with Crippen molar-refractivity contribution in [1.82, 2.24) is 14.8 Å². The summed E-state index contributed by atoms with van der Waals surface area (Å²) in [5, 5.41) is 8.59. The molecule has 27 heavy (non-hydrogen) atoms. The second kappa shape index (κ2) is 8.01. The Morgan fingerprint density at radius 2 is 1.41 bits per heavy atom. The van der Waals surface area contributed by atoms with Crippen LogP contribution in [-0.4, -0.2) is 20.5 Å². The molecule has 0 amide bonds. The molecule has 4 rings (SSSR count). The molecule has 0 spiro atoms. The van der Waals surface area contributed by atoms with Crippen molar-refractivity contribution in [2.75, 3.05) is 0 Å². The number of thioether (sulfide) groups is 1. The van der Waals surface area contributed by atoms with E-state index >= 15 is 0 Å². The first-order valence-corrected chi connectivity index (χ1v) is 9.47. The highest BCUT2D eigenvalue weighted by Crippen LogP contribution is 2.37. The molecule has 0 saturated heterocycles. The van der Waals surface area contributed by atoms with Gasteiger partial charge in [0, 0.05) is 11.3 Å². The van der Waals surface area contributed by atoms with Crippen molar-refractivity contribution in [3.63, 3.8) is 0 Å². The van der Waals surface area contributed by atoms with E-state index in [-0.39, 0.29) is 5.78 Å². The van der Waals surface area contributed by atoms with Crippen LogP contribution in [0.25, 0.3) is 5.69 Å². The monoisotopic (exact) mass is 371 g/mol. The fourth-order valence-corrected chi connectivity index (χ4v) is 3.94. The van der Waals surface area contributed by atoms with Crippen LogP contribution < -0.4 is 0 Å². The number of carbonyl (C=O) groups is 1. The minimum Gasteiger partial charge on any atom is -0.293 e. The molecule has 1 heterocycles. The predicted octanol–water partition coefficient (Wildman–Crippen LogP) is 4.98. The summed E-state index contributed by atoms with van der Waals surface area (Å²) in [6.45, 7) is 0. The SMILES string of the molecule is O=C(c1ccccc1)[C@@H](Sc1nncn1-c1ccccc1)c1ccccc1. The Morgan fingerprint density at radius 1 is 0.815 bits per heavy atom. The zero-order valence-corrected chi connectivity index (χ0v) is 15.3. The molecule has 0 radical (unpaired) electrons. The number of benzene rings is 3. The predicted molar refractivity (Wildman–Crippen MR) is 107 cm³/mol. The Kier molecular flexibility index (Phi) is 5.12. The number of rotatable bonds is 6. The van der Waals surface area contributed by atoms with E-state index in [1.54, 1.807) is 6.33 Å². The van der Waals surface area contributed by atoms with Gasteiger partial charge in [-0.1, -0.05) is 90.6 Å². The van der Waals surface area contributed by atoms with Crippen LogP contribution in [0, 0.1) is 0 Å². The number of hydrogen-bond acceptors (Lipinski definition) is 4. The normalized spacial score (nSPS) is 11.9. The Hall–Kier alpha value is -3.18. The summed E-state index contributed by atoms with van der Waals surface area (Å²) >= 11 is 1.41. The molecule has 4 aromatic rings. The van der Waals surface area contributed by atoms with E-state index in [2.05, 4.69) is 10.2 Å². The molecule has 0 aliphatic rings. The van der Waals surface area contributed by atoms with Crippen LogP contribution in [0.3, 0.4) is 0 Å². The molecule has 3 aromatic carbocycles. The first-order valence-electron chi connectivity index (χ1n) is 8.59. The van der Waals surface area contributed by atoms with Gasteiger partial charge < -0.3 is 0 Å². The van der Waals surface area contributed by atoms with Gasteiger partial charge in [-0.2, -0.15) is 0 Å². The van der Waals surface area contributed by atoms with Crippen LogP contribution in [0.4, 0.5) is 0 Å². The lowest BCUT2D eigenvalue weighted by molar-refractivity contribution is 0.0989. The Balaban J connectivity index is 1.71. The number of hydrogen-bond donors (Lipinski definition) is 0. The Bertz CT molecular complexity index is 1020. The maximum absolute atomic E-state index is 13.2. The molecule has 0 bridgehead atoms. The van der Waals surface area contributed by atoms with Crippen molar-refractivity contribution in [3.8, 4) is 5.69 Å². The standard InChI is InChI=1S/C22H17N3OS/c26-20(17-10-4-1-5-11-17)21(18-12-6-2-7-13-18)27-22-24-23-16-25(22)19-14-8-3-9-15-19/h1-16,21H/t21-/m0/s1. The highest BCUT2D eigenvalue weighted by molar-refractivity contribution is 8.00.